The summed E-state index contributed by atoms with van der Waals surface area (Å²) >= 11 is 0. The van der Waals surface area contributed by atoms with Crippen molar-refractivity contribution in [3.05, 3.63) is 83.4 Å². The normalized spacial score (nSPS) is 15.8. The van der Waals surface area contributed by atoms with Crippen LogP contribution in [-0.2, 0) is 9.59 Å². The molecule has 31 heavy (non-hydrogen) atoms. The van der Waals surface area contributed by atoms with Crippen molar-refractivity contribution in [1.29, 1.82) is 0 Å². The van der Waals surface area contributed by atoms with Crippen LogP contribution in [0.15, 0.2) is 66.7 Å². The van der Waals surface area contributed by atoms with E-state index >= 15 is 0 Å². The Morgan fingerprint density at radius 2 is 1.68 bits per heavy atom. The number of benzene rings is 3. The van der Waals surface area contributed by atoms with Crippen molar-refractivity contribution >= 4 is 28.9 Å². The highest BCUT2D eigenvalue weighted by molar-refractivity contribution is 5.99. The molecule has 4 rings (SSSR count). The summed E-state index contributed by atoms with van der Waals surface area (Å²) in [5.74, 6) is 0.230. The van der Waals surface area contributed by atoms with Crippen molar-refractivity contribution in [2.45, 2.75) is 32.9 Å². The quantitative estimate of drug-likeness (QED) is 0.558. The van der Waals surface area contributed by atoms with Gasteiger partial charge in [-0.3, -0.25) is 9.59 Å². The van der Waals surface area contributed by atoms with E-state index in [9.17, 15) is 9.59 Å². The van der Waals surface area contributed by atoms with Gasteiger partial charge in [0.05, 0.1) is 5.69 Å². The van der Waals surface area contributed by atoms with Crippen LogP contribution in [0.2, 0.25) is 0 Å². The molecule has 0 saturated heterocycles. The number of nitrogens with one attached hydrogen (secondary N) is 3. The molecule has 158 valence electrons. The van der Waals surface area contributed by atoms with Crippen LogP contribution in [0.3, 0.4) is 0 Å². The van der Waals surface area contributed by atoms with Crippen LogP contribution < -0.4 is 20.7 Å². The maximum absolute atomic E-state index is 13.3. The molecule has 3 aromatic carbocycles. The molecule has 1 aliphatic rings. The Hall–Kier alpha value is -3.80. The number of aryl methyl sites for hydroxylation is 2. The van der Waals surface area contributed by atoms with Crippen LogP contribution in [0, 0.1) is 13.8 Å². The van der Waals surface area contributed by atoms with Crippen molar-refractivity contribution < 1.29 is 14.3 Å². The third-order valence-corrected chi connectivity index (χ3v) is 5.11. The molecule has 0 radical (unpaired) electrons. The van der Waals surface area contributed by atoms with Crippen LogP contribution in [0.4, 0.5) is 17.1 Å². The Kier molecular flexibility index (Phi) is 5.62. The number of ether oxygens (including phenoxy) is 1. The topological polar surface area (TPSA) is 79.5 Å². The van der Waals surface area contributed by atoms with Gasteiger partial charge in [-0.1, -0.05) is 36.4 Å². The molecule has 0 aromatic heterocycles. The second kappa shape index (κ2) is 8.52. The Bertz CT molecular complexity index is 1110. The molecule has 0 spiro atoms. The fourth-order valence-corrected chi connectivity index (χ4v) is 3.67. The van der Waals surface area contributed by atoms with Gasteiger partial charge in [0.25, 0.3) is 11.8 Å². The molecule has 2 amide bonds. The third kappa shape index (κ3) is 4.69. The average Bonchev–Trinajstić information content (AvgIpc) is 2.72. The summed E-state index contributed by atoms with van der Waals surface area (Å²) in [4.78, 5) is 25.2. The molecule has 3 aromatic rings. The fourth-order valence-electron chi connectivity index (χ4n) is 3.67. The Labute approximate surface area is 181 Å². The predicted octanol–water partition coefficient (Wildman–Crippen LogP) is 4.81. The minimum Gasteiger partial charge on any atom is -0.479 e. The Morgan fingerprint density at radius 1 is 0.968 bits per heavy atom. The summed E-state index contributed by atoms with van der Waals surface area (Å²) in [6.45, 7) is 5.70. The second-order valence-electron chi connectivity index (χ2n) is 7.81. The van der Waals surface area contributed by atoms with Crippen molar-refractivity contribution in [3.8, 4) is 5.75 Å². The van der Waals surface area contributed by atoms with E-state index in [0.29, 0.717) is 17.1 Å². The molecule has 0 fully saturated rings. The van der Waals surface area contributed by atoms with Crippen LogP contribution in [-0.4, -0.2) is 17.9 Å². The maximum Gasteiger partial charge on any atom is 0.265 e. The monoisotopic (exact) mass is 415 g/mol. The standard InChI is InChI=1S/C25H25N3O3/c1-15-11-16(2)13-20(12-15)27-25(30)23(18-7-5-4-6-8-18)26-19-9-10-22-21(14-19)28-24(29)17(3)31-22/h4-14,17,23,26H,1-3H3,(H,27,30)(H,28,29). The molecule has 2 atom stereocenters. The SMILES string of the molecule is Cc1cc(C)cc(NC(=O)C(Nc2ccc3c(c2)NC(=O)C(C)O3)c2ccccc2)c1. The summed E-state index contributed by atoms with van der Waals surface area (Å²) in [5.41, 5.74) is 5.02. The number of carbonyl (C=O) groups excluding carboxylic acids is 2. The van der Waals surface area contributed by atoms with E-state index in [1.165, 1.54) is 0 Å². The first-order chi connectivity index (χ1) is 14.9. The summed E-state index contributed by atoms with van der Waals surface area (Å²) in [7, 11) is 0. The summed E-state index contributed by atoms with van der Waals surface area (Å²) in [6, 6.07) is 20.3. The van der Waals surface area contributed by atoms with Gasteiger partial charge in [-0.05, 0) is 67.8 Å². The number of carbonyl (C=O) groups is 2. The number of hydrogen-bond donors (Lipinski definition) is 3. The van der Waals surface area contributed by atoms with Crippen LogP contribution in [0.25, 0.3) is 0 Å². The van der Waals surface area contributed by atoms with Crippen molar-refractivity contribution in [2.24, 2.45) is 0 Å². The van der Waals surface area contributed by atoms with Gasteiger partial charge in [0.1, 0.15) is 11.8 Å². The average molecular weight is 415 g/mol. The Morgan fingerprint density at radius 3 is 2.39 bits per heavy atom. The molecule has 2 unspecified atom stereocenters. The zero-order valence-corrected chi connectivity index (χ0v) is 17.7. The lowest BCUT2D eigenvalue weighted by Gasteiger charge is -2.25. The van der Waals surface area contributed by atoms with Gasteiger partial charge in [-0.25, -0.2) is 0 Å². The lowest BCUT2D eigenvalue weighted by molar-refractivity contribution is -0.122. The summed E-state index contributed by atoms with van der Waals surface area (Å²) < 4.78 is 5.62. The van der Waals surface area contributed by atoms with Gasteiger partial charge in [0.2, 0.25) is 0 Å². The lowest BCUT2D eigenvalue weighted by atomic mass is 10.0. The smallest absolute Gasteiger partial charge is 0.265 e. The Balaban J connectivity index is 1.61. The first-order valence-electron chi connectivity index (χ1n) is 10.2. The van der Waals surface area contributed by atoms with Gasteiger partial charge in [-0.2, -0.15) is 0 Å². The molecule has 0 aliphatic carbocycles. The number of fused-ring (bicyclic) bond motifs is 1. The molecular formula is C25H25N3O3. The summed E-state index contributed by atoms with van der Waals surface area (Å²) in [6.07, 6.45) is -0.535. The van der Waals surface area contributed by atoms with Crippen molar-refractivity contribution in [1.82, 2.24) is 0 Å². The van der Waals surface area contributed by atoms with Crippen LogP contribution >= 0.6 is 0 Å². The summed E-state index contributed by atoms with van der Waals surface area (Å²) in [5, 5.41) is 9.16. The first kappa shape index (κ1) is 20.5. The van der Waals surface area contributed by atoms with E-state index in [-0.39, 0.29) is 11.8 Å². The highest BCUT2D eigenvalue weighted by atomic mass is 16.5. The van der Waals surface area contributed by atoms with Gasteiger partial charge in [0.15, 0.2) is 6.10 Å². The number of rotatable bonds is 5. The minimum atomic E-state index is -0.626. The molecule has 0 bridgehead atoms. The van der Waals surface area contributed by atoms with E-state index in [1.807, 2.05) is 62.4 Å². The molecule has 6 nitrogen and oxygen atoms in total. The zero-order valence-electron chi connectivity index (χ0n) is 17.7. The van der Waals surface area contributed by atoms with Crippen LogP contribution in [0.5, 0.6) is 5.75 Å². The van der Waals surface area contributed by atoms with E-state index in [2.05, 4.69) is 22.0 Å². The molecule has 1 heterocycles. The second-order valence-corrected chi connectivity index (χ2v) is 7.81. The third-order valence-electron chi connectivity index (χ3n) is 5.11. The van der Waals surface area contributed by atoms with Gasteiger partial charge in [0, 0.05) is 11.4 Å². The molecule has 0 saturated carbocycles. The number of anilines is 3. The minimum absolute atomic E-state index is 0.178. The first-order valence-corrected chi connectivity index (χ1v) is 10.2. The molecule has 1 aliphatic heterocycles. The van der Waals surface area contributed by atoms with Gasteiger partial charge in [-0.15, -0.1) is 0 Å². The van der Waals surface area contributed by atoms with E-state index in [1.54, 1.807) is 19.1 Å². The maximum atomic E-state index is 13.3. The largest absolute Gasteiger partial charge is 0.479 e. The van der Waals surface area contributed by atoms with Gasteiger partial charge < -0.3 is 20.7 Å². The highest BCUT2D eigenvalue weighted by Gasteiger charge is 2.25. The van der Waals surface area contributed by atoms with Crippen molar-refractivity contribution in [3.63, 3.8) is 0 Å². The van der Waals surface area contributed by atoms with Crippen molar-refractivity contribution in [2.75, 3.05) is 16.0 Å². The number of amides is 2. The van der Waals surface area contributed by atoms with E-state index in [0.717, 1.165) is 22.4 Å². The molecular weight excluding hydrogens is 390 g/mol. The molecule has 3 N–H and O–H groups in total. The highest BCUT2D eigenvalue weighted by Crippen LogP contribution is 2.33. The van der Waals surface area contributed by atoms with E-state index < -0.39 is 12.1 Å². The molecule has 6 heteroatoms. The lowest BCUT2D eigenvalue weighted by Crippen LogP contribution is -2.34. The zero-order chi connectivity index (χ0) is 22.0. The predicted molar refractivity (Wildman–Crippen MR) is 123 cm³/mol. The fraction of sp³-hybridized carbons (Fsp3) is 0.200. The van der Waals surface area contributed by atoms with Crippen LogP contribution in [0.1, 0.15) is 29.7 Å². The van der Waals surface area contributed by atoms with Gasteiger partial charge >= 0.3 is 0 Å². The van der Waals surface area contributed by atoms with E-state index in [4.69, 9.17) is 4.74 Å². The number of hydrogen-bond acceptors (Lipinski definition) is 4.